The van der Waals surface area contributed by atoms with E-state index in [4.69, 9.17) is 4.74 Å². The molecule has 0 spiro atoms. The number of carbonyl (C=O) groups is 1. The van der Waals surface area contributed by atoms with Crippen molar-refractivity contribution in [1.82, 2.24) is 25.5 Å². The molecule has 1 N–H and O–H groups in total. The number of nitrogens with one attached hydrogen (secondary N) is 1. The van der Waals surface area contributed by atoms with Gasteiger partial charge in [-0.2, -0.15) is 4.68 Å². The summed E-state index contributed by atoms with van der Waals surface area (Å²) in [5.41, 5.74) is 1.92. The van der Waals surface area contributed by atoms with Gasteiger partial charge in [0.05, 0.1) is 12.4 Å². The van der Waals surface area contributed by atoms with Crippen LogP contribution in [0.2, 0.25) is 0 Å². The minimum absolute atomic E-state index is 0.0534. The molecule has 2 atom stereocenters. The largest absolute Gasteiger partial charge is 0.494 e. The number of benzene rings is 2. The van der Waals surface area contributed by atoms with E-state index in [-0.39, 0.29) is 17.1 Å². The van der Waals surface area contributed by atoms with E-state index in [9.17, 15) is 4.79 Å². The molecular weight excluding hydrogens is 374 g/mol. The van der Waals surface area contributed by atoms with Crippen LogP contribution in [0.5, 0.6) is 5.75 Å². The standard InChI is InChI=1S/C20H23N5O2S/c1-14(16-9-5-4-6-10-16)13-21-19(26)15(2)28-20-22-23-24-25(20)17-11-7-8-12-18(17)27-3/h4-12,14-15H,13H2,1-3H3,(H,21,26). The zero-order valence-corrected chi connectivity index (χ0v) is 16.9. The van der Waals surface area contributed by atoms with Crippen molar-refractivity contribution >= 4 is 17.7 Å². The lowest BCUT2D eigenvalue weighted by Gasteiger charge is -2.16. The van der Waals surface area contributed by atoms with Gasteiger partial charge in [-0.3, -0.25) is 4.79 Å². The highest BCUT2D eigenvalue weighted by molar-refractivity contribution is 8.00. The van der Waals surface area contributed by atoms with E-state index >= 15 is 0 Å². The molecule has 3 rings (SSSR count). The highest BCUT2D eigenvalue weighted by Crippen LogP contribution is 2.27. The SMILES string of the molecule is COc1ccccc1-n1nnnc1SC(C)C(=O)NCC(C)c1ccccc1. The number of para-hydroxylation sites is 2. The molecule has 0 aliphatic heterocycles. The first-order chi connectivity index (χ1) is 13.6. The van der Waals surface area contributed by atoms with Gasteiger partial charge < -0.3 is 10.1 Å². The van der Waals surface area contributed by atoms with Crippen molar-refractivity contribution in [2.45, 2.75) is 30.2 Å². The monoisotopic (exact) mass is 397 g/mol. The molecule has 0 bridgehead atoms. The summed E-state index contributed by atoms with van der Waals surface area (Å²) >= 11 is 1.31. The van der Waals surface area contributed by atoms with Gasteiger partial charge in [0, 0.05) is 6.54 Å². The van der Waals surface area contributed by atoms with Crippen LogP contribution in [0.4, 0.5) is 0 Å². The number of carbonyl (C=O) groups excluding carboxylic acids is 1. The maximum atomic E-state index is 12.5. The summed E-state index contributed by atoms with van der Waals surface area (Å²) in [6.45, 7) is 4.51. The van der Waals surface area contributed by atoms with Gasteiger partial charge in [0.1, 0.15) is 11.4 Å². The topological polar surface area (TPSA) is 81.9 Å². The van der Waals surface area contributed by atoms with Crippen LogP contribution in [0.3, 0.4) is 0 Å². The van der Waals surface area contributed by atoms with Gasteiger partial charge in [0.25, 0.3) is 0 Å². The van der Waals surface area contributed by atoms with Gasteiger partial charge in [-0.15, -0.1) is 5.10 Å². The third-order valence-corrected chi connectivity index (χ3v) is 5.39. The first-order valence-corrected chi connectivity index (χ1v) is 9.89. The quantitative estimate of drug-likeness (QED) is 0.588. The molecule has 0 saturated heterocycles. The third-order valence-electron chi connectivity index (χ3n) is 4.36. The molecular formula is C20H23N5O2S. The zero-order valence-electron chi connectivity index (χ0n) is 16.1. The second-order valence-corrected chi connectivity index (χ2v) is 7.67. The van der Waals surface area contributed by atoms with E-state index in [2.05, 4.69) is 39.9 Å². The maximum Gasteiger partial charge on any atom is 0.233 e. The number of hydrogen-bond acceptors (Lipinski definition) is 6. The Balaban J connectivity index is 1.63. The summed E-state index contributed by atoms with van der Waals surface area (Å²) in [5.74, 6) is 0.842. The average Bonchev–Trinajstić information content (AvgIpc) is 3.20. The first kappa shape index (κ1) is 19.9. The van der Waals surface area contributed by atoms with Crippen LogP contribution in [-0.4, -0.2) is 45.0 Å². The summed E-state index contributed by atoms with van der Waals surface area (Å²) in [6, 6.07) is 17.6. The van der Waals surface area contributed by atoms with Crippen molar-refractivity contribution in [3.63, 3.8) is 0 Å². The van der Waals surface area contributed by atoms with E-state index in [1.807, 2.05) is 49.4 Å². The predicted octanol–water partition coefficient (Wildman–Crippen LogP) is 3.07. The number of rotatable bonds is 8. The van der Waals surface area contributed by atoms with Crippen molar-refractivity contribution < 1.29 is 9.53 Å². The highest BCUT2D eigenvalue weighted by Gasteiger charge is 2.21. The van der Waals surface area contributed by atoms with Crippen LogP contribution >= 0.6 is 11.8 Å². The number of methoxy groups -OCH3 is 1. The van der Waals surface area contributed by atoms with Gasteiger partial charge in [0.2, 0.25) is 11.1 Å². The molecule has 0 saturated carbocycles. The van der Waals surface area contributed by atoms with Gasteiger partial charge in [-0.1, -0.05) is 61.2 Å². The lowest BCUT2D eigenvalue weighted by molar-refractivity contribution is -0.120. The number of nitrogens with zero attached hydrogens (tertiary/aromatic N) is 4. The minimum Gasteiger partial charge on any atom is -0.494 e. The van der Waals surface area contributed by atoms with Crippen molar-refractivity contribution in [2.24, 2.45) is 0 Å². The van der Waals surface area contributed by atoms with Crippen LogP contribution in [0, 0.1) is 0 Å². The summed E-state index contributed by atoms with van der Waals surface area (Å²) in [4.78, 5) is 12.5. The summed E-state index contributed by atoms with van der Waals surface area (Å²) < 4.78 is 6.96. The lowest BCUT2D eigenvalue weighted by atomic mass is 10.0. The third kappa shape index (κ3) is 4.69. The fourth-order valence-corrected chi connectivity index (χ4v) is 3.54. The molecule has 1 aromatic heterocycles. The number of ether oxygens (including phenoxy) is 1. The molecule has 0 aliphatic rings. The maximum absolute atomic E-state index is 12.5. The summed E-state index contributed by atoms with van der Waals surface area (Å²) in [6.07, 6.45) is 0. The molecule has 8 heteroatoms. The van der Waals surface area contributed by atoms with E-state index in [1.165, 1.54) is 17.3 Å². The van der Waals surface area contributed by atoms with Gasteiger partial charge in [-0.05, 0) is 41.0 Å². The Morgan fingerprint density at radius 3 is 2.61 bits per heavy atom. The fourth-order valence-electron chi connectivity index (χ4n) is 2.72. The molecule has 2 unspecified atom stereocenters. The number of amides is 1. The smallest absolute Gasteiger partial charge is 0.233 e. The van der Waals surface area contributed by atoms with Gasteiger partial charge in [-0.25, -0.2) is 0 Å². The van der Waals surface area contributed by atoms with E-state index in [0.717, 1.165) is 5.69 Å². The molecule has 7 nitrogen and oxygen atoms in total. The number of aromatic nitrogens is 4. The Bertz CT molecular complexity index is 916. The summed E-state index contributed by atoms with van der Waals surface area (Å²) in [7, 11) is 1.60. The van der Waals surface area contributed by atoms with Crippen LogP contribution < -0.4 is 10.1 Å². The average molecular weight is 398 g/mol. The Hall–Kier alpha value is -2.87. The minimum atomic E-state index is -0.345. The van der Waals surface area contributed by atoms with Crippen LogP contribution in [0.25, 0.3) is 5.69 Å². The lowest BCUT2D eigenvalue weighted by Crippen LogP contribution is -2.33. The van der Waals surface area contributed by atoms with E-state index in [1.54, 1.807) is 11.8 Å². The molecule has 2 aromatic carbocycles. The Labute approximate surface area is 168 Å². The van der Waals surface area contributed by atoms with Crippen molar-refractivity contribution in [3.05, 3.63) is 60.2 Å². The summed E-state index contributed by atoms with van der Waals surface area (Å²) in [5, 5.41) is 15.1. The number of tetrazole rings is 1. The van der Waals surface area contributed by atoms with Gasteiger partial charge in [0.15, 0.2) is 0 Å². The second kappa shape index (κ2) is 9.36. The number of thioether (sulfide) groups is 1. The molecule has 3 aromatic rings. The fraction of sp³-hybridized carbons (Fsp3) is 0.300. The Morgan fingerprint density at radius 2 is 1.86 bits per heavy atom. The predicted molar refractivity (Wildman–Crippen MR) is 109 cm³/mol. The normalized spacial score (nSPS) is 13.0. The van der Waals surface area contributed by atoms with Crippen molar-refractivity contribution in [3.8, 4) is 11.4 Å². The zero-order chi connectivity index (χ0) is 19.9. The van der Waals surface area contributed by atoms with Gasteiger partial charge >= 0.3 is 0 Å². The van der Waals surface area contributed by atoms with E-state index < -0.39 is 0 Å². The molecule has 1 amide bonds. The highest BCUT2D eigenvalue weighted by atomic mass is 32.2. The molecule has 0 radical (unpaired) electrons. The van der Waals surface area contributed by atoms with Crippen molar-refractivity contribution in [1.29, 1.82) is 0 Å². The molecule has 1 heterocycles. The Kier molecular flexibility index (Phi) is 6.65. The van der Waals surface area contributed by atoms with Crippen LogP contribution in [-0.2, 0) is 4.79 Å². The molecule has 28 heavy (non-hydrogen) atoms. The number of hydrogen-bond donors (Lipinski definition) is 1. The van der Waals surface area contributed by atoms with Crippen molar-refractivity contribution in [2.75, 3.05) is 13.7 Å². The Morgan fingerprint density at radius 1 is 1.14 bits per heavy atom. The van der Waals surface area contributed by atoms with E-state index in [0.29, 0.717) is 17.5 Å². The molecule has 0 aliphatic carbocycles. The molecule has 146 valence electrons. The van der Waals surface area contributed by atoms with Crippen LogP contribution in [0.15, 0.2) is 59.8 Å². The first-order valence-electron chi connectivity index (χ1n) is 9.01. The van der Waals surface area contributed by atoms with Crippen LogP contribution in [0.1, 0.15) is 25.3 Å². The second-order valence-electron chi connectivity index (χ2n) is 6.36. The molecule has 0 fully saturated rings.